The summed E-state index contributed by atoms with van der Waals surface area (Å²) in [6.45, 7) is 5.31. The summed E-state index contributed by atoms with van der Waals surface area (Å²) in [6.07, 6.45) is 0.832. The molecule has 0 spiro atoms. The molecule has 0 unspecified atom stereocenters. The molecule has 0 saturated carbocycles. The molecule has 0 aliphatic heterocycles. The number of para-hydroxylation sites is 1. The molecule has 6 heteroatoms. The molecule has 2 aromatic carbocycles. The van der Waals surface area contributed by atoms with Crippen molar-refractivity contribution in [2.75, 3.05) is 38.6 Å². The minimum Gasteiger partial charge on any atom is -0.492 e. The van der Waals surface area contributed by atoms with Crippen molar-refractivity contribution in [3.8, 4) is 5.75 Å². The van der Waals surface area contributed by atoms with Crippen molar-refractivity contribution >= 4 is 17.5 Å². The Bertz CT molecular complexity index is 775. The lowest BCUT2D eigenvalue weighted by molar-refractivity contribution is -0.124. The van der Waals surface area contributed by atoms with E-state index < -0.39 is 0 Å². The smallest absolute Gasteiger partial charge is 0.243 e. The van der Waals surface area contributed by atoms with Crippen LogP contribution in [-0.4, -0.2) is 50.0 Å². The molecule has 0 aliphatic carbocycles. The molecule has 0 bridgehead atoms. The van der Waals surface area contributed by atoms with Crippen LogP contribution < -0.4 is 15.4 Å². The van der Waals surface area contributed by atoms with E-state index in [0.29, 0.717) is 13.2 Å². The van der Waals surface area contributed by atoms with E-state index in [1.165, 1.54) is 5.56 Å². The summed E-state index contributed by atoms with van der Waals surface area (Å²) < 4.78 is 5.66. The second-order valence-corrected chi connectivity index (χ2v) is 6.73. The van der Waals surface area contributed by atoms with Gasteiger partial charge in [-0.25, -0.2) is 0 Å². The number of hydrogen-bond acceptors (Lipinski definition) is 4. The third-order valence-electron chi connectivity index (χ3n) is 4.29. The van der Waals surface area contributed by atoms with Gasteiger partial charge in [0.05, 0.1) is 13.1 Å². The van der Waals surface area contributed by atoms with Gasteiger partial charge >= 0.3 is 0 Å². The van der Waals surface area contributed by atoms with Crippen LogP contribution in [0.4, 0.5) is 5.69 Å². The quantitative estimate of drug-likeness (QED) is 0.662. The van der Waals surface area contributed by atoms with Gasteiger partial charge in [0.1, 0.15) is 12.4 Å². The van der Waals surface area contributed by atoms with Crippen molar-refractivity contribution < 1.29 is 14.3 Å². The van der Waals surface area contributed by atoms with Crippen molar-refractivity contribution in [1.82, 2.24) is 10.2 Å². The number of benzene rings is 2. The molecular weight excluding hydrogens is 354 g/mol. The first kappa shape index (κ1) is 21.4. The monoisotopic (exact) mass is 383 g/mol. The fourth-order valence-corrected chi connectivity index (χ4v) is 2.66. The molecule has 150 valence electrons. The summed E-state index contributed by atoms with van der Waals surface area (Å²) in [6, 6.07) is 15.5. The summed E-state index contributed by atoms with van der Waals surface area (Å²) in [5.41, 5.74) is 3.04. The number of carbonyl (C=O) groups is 2. The van der Waals surface area contributed by atoms with Crippen molar-refractivity contribution in [3.63, 3.8) is 0 Å². The van der Waals surface area contributed by atoms with Crippen LogP contribution in [0.5, 0.6) is 5.75 Å². The Morgan fingerprint density at radius 2 is 1.75 bits per heavy atom. The van der Waals surface area contributed by atoms with Crippen molar-refractivity contribution in [2.24, 2.45) is 0 Å². The molecule has 2 N–H and O–H groups in total. The maximum atomic E-state index is 12.1. The summed E-state index contributed by atoms with van der Waals surface area (Å²) in [5.74, 6) is 0.379. The Hall–Kier alpha value is -2.86. The van der Waals surface area contributed by atoms with Gasteiger partial charge in [0.25, 0.3) is 0 Å². The normalized spacial score (nSPS) is 10.6. The van der Waals surface area contributed by atoms with Crippen LogP contribution in [0.3, 0.4) is 0 Å². The average Bonchev–Trinajstić information content (AvgIpc) is 2.68. The van der Waals surface area contributed by atoms with Gasteiger partial charge in [-0.1, -0.05) is 42.8 Å². The number of carbonyl (C=O) groups excluding carboxylic acids is 2. The first-order valence-electron chi connectivity index (χ1n) is 9.50. The molecule has 28 heavy (non-hydrogen) atoms. The minimum absolute atomic E-state index is 0.0510. The molecule has 0 saturated heterocycles. The molecule has 2 rings (SSSR count). The highest BCUT2D eigenvalue weighted by Crippen LogP contribution is 2.15. The Morgan fingerprint density at radius 1 is 1.04 bits per heavy atom. The fourth-order valence-electron chi connectivity index (χ4n) is 2.66. The van der Waals surface area contributed by atoms with E-state index in [1.54, 1.807) is 0 Å². The van der Waals surface area contributed by atoms with Crippen LogP contribution >= 0.6 is 0 Å². The number of ether oxygens (including phenoxy) is 1. The maximum absolute atomic E-state index is 12.1. The topological polar surface area (TPSA) is 70.7 Å². The van der Waals surface area contributed by atoms with Crippen LogP contribution in [0.2, 0.25) is 0 Å². The van der Waals surface area contributed by atoms with Crippen LogP contribution in [0.25, 0.3) is 0 Å². The molecular formula is C22H29N3O3. The molecule has 0 aromatic heterocycles. The largest absolute Gasteiger partial charge is 0.492 e. The van der Waals surface area contributed by atoms with Crippen molar-refractivity contribution in [2.45, 2.75) is 20.3 Å². The Balaban J connectivity index is 1.65. The van der Waals surface area contributed by atoms with Crippen LogP contribution in [0.15, 0.2) is 48.5 Å². The molecule has 0 fully saturated rings. The van der Waals surface area contributed by atoms with Gasteiger partial charge in [0, 0.05) is 12.2 Å². The lowest BCUT2D eigenvalue weighted by Gasteiger charge is -2.17. The van der Waals surface area contributed by atoms with E-state index in [9.17, 15) is 9.59 Å². The van der Waals surface area contributed by atoms with Crippen molar-refractivity contribution in [1.29, 1.82) is 0 Å². The molecule has 0 aliphatic rings. The third-order valence-corrected chi connectivity index (χ3v) is 4.29. The Labute approximate surface area is 166 Å². The second-order valence-electron chi connectivity index (χ2n) is 6.73. The van der Waals surface area contributed by atoms with Gasteiger partial charge in [0.15, 0.2) is 0 Å². The van der Waals surface area contributed by atoms with E-state index in [0.717, 1.165) is 23.4 Å². The van der Waals surface area contributed by atoms with E-state index in [1.807, 2.05) is 74.3 Å². The lowest BCUT2D eigenvalue weighted by atomic mass is 10.1. The predicted octanol–water partition coefficient (Wildman–Crippen LogP) is 2.62. The zero-order chi connectivity index (χ0) is 20.4. The molecule has 2 aromatic rings. The number of nitrogens with zero attached hydrogens (tertiary/aromatic N) is 1. The SMILES string of the molecule is CCc1ccccc1NC(=O)CNC(=O)CN(C)CCOc1ccc(C)cc1. The van der Waals surface area contributed by atoms with E-state index in [-0.39, 0.29) is 24.9 Å². The average molecular weight is 383 g/mol. The zero-order valence-electron chi connectivity index (χ0n) is 16.8. The molecule has 6 nitrogen and oxygen atoms in total. The first-order valence-corrected chi connectivity index (χ1v) is 9.50. The van der Waals surface area contributed by atoms with Gasteiger partial charge in [-0.2, -0.15) is 0 Å². The highest BCUT2D eigenvalue weighted by atomic mass is 16.5. The molecule has 0 radical (unpaired) electrons. The van der Waals surface area contributed by atoms with Crippen molar-refractivity contribution in [3.05, 3.63) is 59.7 Å². The lowest BCUT2D eigenvalue weighted by Crippen LogP contribution is -2.40. The number of amides is 2. The standard InChI is InChI=1S/C22H29N3O3/c1-4-18-7-5-6-8-20(18)24-21(26)15-23-22(27)16-25(3)13-14-28-19-11-9-17(2)10-12-19/h5-12H,4,13-16H2,1-3H3,(H,23,27)(H,24,26). The molecule has 2 amide bonds. The van der Waals surface area contributed by atoms with Gasteiger partial charge in [0.2, 0.25) is 11.8 Å². The Morgan fingerprint density at radius 3 is 2.46 bits per heavy atom. The first-order chi connectivity index (χ1) is 13.5. The highest BCUT2D eigenvalue weighted by Gasteiger charge is 2.10. The van der Waals surface area contributed by atoms with Gasteiger partial charge < -0.3 is 15.4 Å². The summed E-state index contributed by atoms with van der Waals surface area (Å²) >= 11 is 0. The van der Waals surface area contributed by atoms with Crippen LogP contribution in [0.1, 0.15) is 18.1 Å². The van der Waals surface area contributed by atoms with E-state index >= 15 is 0 Å². The molecule has 0 heterocycles. The van der Waals surface area contributed by atoms with E-state index in [4.69, 9.17) is 4.74 Å². The number of likely N-dealkylation sites (N-methyl/N-ethyl adjacent to an activating group) is 1. The Kier molecular flexibility index (Phi) is 8.49. The van der Waals surface area contributed by atoms with Gasteiger partial charge in [-0.3, -0.25) is 14.5 Å². The van der Waals surface area contributed by atoms with E-state index in [2.05, 4.69) is 10.6 Å². The van der Waals surface area contributed by atoms with Crippen LogP contribution in [-0.2, 0) is 16.0 Å². The summed E-state index contributed by atoms with van der Waals surface area (Å²) in [7, 11) is 1.84. The van der Waals surface area contributed by atoms with Crippen LogP contribution in [0, 0.1) is 6.92 Å². The number of anilines is 1. The minimum atomic E-state index is -0.236. The predicted molar refractivity (Wildman–Crippen MR) is 112 cm³/mol. The summed E-state index contributed by atoms with van der Waals surface area (Å²) in [4.78, 5) is 25.9. The van der Waals surface area contributed by atoms with Gasteiger partial charge in [-0.05, 0) is 44.2 Å². The third kappa shape index (κ3) is 7.40. The number of aryl methyl sites for hydroxylation is 2. The second kappa shape index (κ2) is 11.1. The zero-order valence-corrected chi connectivity index (χ0v) is 16.8. The number of rotatable bonds is 10. The fraction of sp³-hybridized carbons (Fsp3) is 0.364. The number of nitrogens with one attached hydrogen (secondary N) is 2. The van der Waals surface area contributed by atoms with Gasteiger partial charge in [-0.15, -0.1) is 0 Å². The highest BCUT2D eigenvalue weighted by molar-refractivity contribution is 5.95. The molecule has 0 atom stereocenters. The maximum Gasteiger partial charge on any atom is 0.243 e. The number of hydrogen-bond donors (Lipinski definition) is 2. The summed E-state index contributed by atoms with van der Waals surface area (Å²) in [5, 5.41) is 5.49.